The van der Waals surface area contributed by atoms with Gasteiger partial charge in [0.2, 0.25) is 0 Å². The number of carboxylic acid groups (broad SMARTS) is 1. The average molecular weight is 425 g/mol. The molecule has 30 heavy (non-hydrogen) atoms. The van der Waals surface area contributed by atoms with Crippen LogP contribution < -0.4 is 14.8 Å². The van der Waals surface area contributed by atoms with Crippen LogP contribution in [0.15, 0.2) is 18.2 Å². The highest BCUT2D eigenvalue weighted by atomic mass is 16.7. The van der Waals surface area contributed by atoms with E-state index in [4.69, 9.17) is 18.9 Å². The Hall–Kier alpha value is -3.14. The summed E-state index contributed by atoms with van der Waals surface area (Å²) in [5, 5.41) is 12.3. The maximum Gasteiger partial charge on any atom is 0.508 e. The van der Waals surface area contributed by atoms with Crippen LogP contribution in [0.25, 0.3) is 0 Å². The summed E-state index contributed by atoms with van der Waals surface area (Å²) in [6.07, 6.45) is -0.727. The lowest BCUT2D eigenvalue weighted by atomic mass is 10.0. The van der Waals surface area contributed by atoms with Gasteiger partial charge < -0.3 is 29.4 Å². The standard InChI is InChI=1S/C20H27NO9/c1-5-8-27-20(26)28-12(2)11-21-16(19(24)25)9-15-6-7-17(29-13(3)22)18(10-15)30-14(4)23/h6-7,10,12,16,21H,5,8-9,11H2,1-4H3,(H,24,25)/t12?,16-/m0/s1. The first-order valence-electron chi connectivity index (χ1n) is 9.41. The molecule has 0 amide bonds. The Morgan fingerprint density at radius 3 is 2.27 bits per heavy atom. The molecule has 0 heterocycles. The second kappa shape index (κ2) is 12.4. The van der Waals surface area contributed by atoms with Gasteiger partial charge in [-0.25, -0.2) is 4.79 Å². The van der Waals surface area contributed by atoms with Crippen LogP contribution in [-0.2, 0) is 30.3 Å². The lowest BCUT2D eigenvalue weighted by molar-refractivity contribution is -0.139. The molecule has 10 heteroatoms. The van der Waals surface area contributed by atoms with Gasteiger partial charge in [0, 0.05) is 20.4 Å². The zero-order chi connectivity index (χ0) is 22.7. The summed E-state index contributed by atoms with van der Waals surface area (Å²) in [6, 6.07) is 3.40. The summed E-state index contributed by atoms with van der Waals surface area (Å²) < 4.78 is 19.9. The number of carbonyl (C=O) groups excluding carboxylic acids is 3. The topological polar surface area (TPSA) is 137 Å². The smallest absolute Gasteiger partial charge is 0.480 e. The molecule has 2 atom stereocenters. The third kappa shape index (κ3) is 9.37. The maximum absolute atomic E-state index is 11.6. The fourth-order valence-electron chi connectivity index (χ4n) is 2.37. The molecular formula is C20H27NO9. The summed E-state index contributed by atoms with van der Waals surface area (Å²) in [6.45, 7) is 6.17. The summed E-state index contributed by atoms with van der Waals surface area (Å²) in [4.78, 5) is 45.6. The highest BCUT2D eigenvalue weighted by Crippen LogP contribution is 2.29. The van der Waals surface area contributed by atoms with Crippen LogP contribution in [0, 0.1) is 0 Å². The van der Waals surface area contributed by atoms with Crippen LogP contribution in [0.4, 0.5) is 4.79 Å². The normalized spacial score (nSPS) is 12.4. The molecule has 0 spiro atoms. The first kappa shape index (κ1) is 24.9. The molecule has 0 aliphatic heterocycles. The molecule has 0 saturated carbocycles. The minimum atomic E-state index is -1.12. The van der Waals surface area contributed by atoms with E-state index in [1.807, 2.05) is 6.92 Å². The fraction of sp³-hybridized carbons (Fsp3) is 0.500. The monoisotopic (exact) mass is 425 g/mol. The van der Waals surface area contributed by atoms with Crippen molar-refractivity contribution in [2.75, 3.05) is 13.2 Å². The Morgan fingerprint density at radius 1 is 1.07 bits per heavy atom. The average Bonchev–Trinajstić information content (AvgIpc) is 2.64. The Kier molecular flexibility index (Phi) is 10.3. The van der Waals surface area contributed by atoms with Gasteiger partial charge in [0.1, 0.15) is 12.1 Å². The number of nitrogens with one attached hydrogen (secondary N) is 1. The molecule has 1 unspecified atom stereocenters. The Balaban J connectivity index is 2.80. The van der Waals surface area contributed by atoms with E-state index in [0.29, 0.717) is 12.0 Å². The number of carboxylic acids is 1. The van der Waals surface area contributed by atoms with Crippen molar-refractivity contribution in [2.24, 2.45) is 0 Å². The number of rotatable bonds is 11. The largest absolute Gasteiger partial charge is 0.508 e. The molecular weight excluding hydrogens is 398 g/mol. The third-order valence-corrected chi connectivity index (χ3v) is 3.63. The Bertz CT molecular complexity index is 763. The maximum atomic E-state index is 11.6. The number of ether oxygens (including phenoxy) is 4. The van der Waals surface area contributed by atoms with Crippen LogP contribution >= 0.6 is 0 Å². The predicted molar refractivity (Wildman–Crippen MR) is 104 cm³/mol. The summed E-state index contributed by atoms with van der Waals surface area (Å²) in [5.74, 6) is -2.26. The van der Waals surface area contributed by atoms with E-state index in [1.165, 1.54) is 26.0 Å². The molecule has 0 saturated heterocycles. The number of esters is 2. The van der Waals surface area contributed by atoms with Gasteiger partial charge in [-0.1, -0.05) is 13.0 Å². The van der Waals surface area contributed by atoms with Crippen molar-refractivity contribution in [2.45, 2.75) is 52.7 Å². The number of hydrogen-bond acceptors (Lipinski definition) is 9. The zero-order valence-corrected chi connectivity index (χ0v) is 17.4. The molecule has 0 aliphatic rings. The van der Waals surface area contributed by atoms with Gasteiger partial charge in [-0.2, -0.15) is 0 Å². The van der Waals surface area contributed by atoms with E-state index in [1.54, 1.807) is 13.0 Å². The first-order chi connectivity index (χ1) is 14.1. The van der Waals surface area contributed by atoms with Crippen LogP contribution in [0.3, 0.4) is 0 Å². The minimum absolute atomic E-state index is 0.00899. The summed E-state index contributed by atoms with van der Waals surface area (Å²) in [7, 11) is 0. The van der Waals surface area contributed by atoms with E-state index >= 15 is 0 Å². The molecule has 166 valence electrons. The minimum Gasteiger partial charge on any atom is -0.480 e. The van der Waals surface area contributed by atoms with Gasteiger partial charge >= 0.3 is 24.1 Å². The molecule has 1 aromatic rings. The van der Waals surface area contributed by atoms with Crippen LogP contribution in [0.1, 0.15) is 39.7 Å². The number of aliphatic carboxylic acids is 1. The molecule has 10 nitrogen and oxygen atoms in total. The highest BCUT2D eigenvalue weighted by molar-refractivity contribution is 5.75. The van der Waals surface area contributed by atoms with Crippen molar-refractivity contribution in [3.8, 4) is 11.5 Å². The van der Waals surface area contributed by atoms with Crippen molar-refractivity contribution in [1.29, 1.82) is 0 Å². The fourth-order valence-corrected chi connectivity index (χ4v) is 2.37. The SMILES string of the molecule is CCCOC(=O)OC(C)CN[C@@H](Cc1ccc(OC(C)=O)c(OC(C)=O)c1)C(=O)O. The third-order valence-electron chi connectivity index (χ3n) is 3.63. The van der Waals surface area contributed by atoms with Gasteiger partial charge in [-0.3, -0.25) is 14.4 Å². The molecule has 0 aliphatic carbocycles. The van der Waals surface area contributed by atoms with Crippen molar-refractivity contribution in [3.05, 3.63) is 23.8 Å². The van der Waals surface area contributed by atoms with Crippen molar-refractivity contribution < 1.29 is 43.2 Å². The second-order valence-electron chi connectivity index (χ2n) is 6.50. The van der Waals surface area contributed by atoms with Crippen LogP contribution in [0.2, 0.25) is 0 Å². The van der Waals surface area contributed by atoms with Gasteiger partial charge in [0.15, 0.2) is 11.5 Å². The van der Waals surface area contributed by atoms with Crippen molar-refractivity contribution in [3.63, 3.8) is 0 Å². The van der Waals surface area contributed by atoms with E-state index in [-0.39, 0.29) is 31.1 Å². The number of carbonyl (C=O) groups is 4. The van der Waals surface area contributed by atoms with Crippen LogP contribution in [0.5, 0.6) is 11.5 Å². The van der Waals surface area contributed by atoms with Crippen molar-refractivity contribution >= 4 is 24.1 Å². The quantitative estimate of drug-likeness (QED) is 0.400. The van der Waals surface area contributed by atoms with E-state index in [2.05, 4.69) is 5.32 Å². The van der Waals surface area contributed by atoms with Gasteiger partial charge in [0.05, 0.1) is 6.61 Å². The van der Waals surface area contributed by atoms with E-state index in [0.717, 1.165) is 0 Å². The van der Waals surface area contributed by atoms with Gasteiger partial charge in [0.25, 0.3) is 0 Å². The molecule has 2 N–H and O–H groups in total. The Labute approximate surface area is 174 Å². The van der Waals surface area contributed by atoms with E-state index < -0.39 is 36.2 Å². The molecule has 0 radical (unpaired) electrons. The second-order valence-corrected chi connectivity index (χ2v) is 6.50. The Morgan fingerprint density at radius 2 is 1.70 bits per heavy atom. The lowest BCUT2D eigenvalue weighted by Crippen LogP contribution is -2.42. The summed E-state index contributed by atoms with van der Waals surface area (Å²) in [5.41, 5.74) is 0.526. The van der Waals surface area contributed by atoms with Gasteiger partial charge in [-0.05, 0) is 37.5 Å². The number of hydrogen-bond donors (Lipinski definition) is 2. The zero-order valence-electron chi connectivity index (χ0n) is 17.4. The van der Waals surface area contributed by atoms with Gasteiger partial charge in [-0.15, -0.1) is 0 Å². The van der Waals surface area contributed by atoms with E-state index in [9.17, 15) is 24.3 Å². The molecule has 1 rings (SSSR count). The molecule has 0 bridgehead atoms. The highest BCUT2D eigenvalue weighted by Gasteiger charge is 2.21. The molecule has 1 aromatic carbocycles. The predicted octanol–water partition coefficient (Wildman–Crippen LogP) is 2.07. The lowest BCUT2D eigenvalue weighted by Gasteiger charge is -2.19. The van der Waals surface area contributed by atoms with Crippen molar-refractivity contribution in [1.82, 2.24) is 5.32 Å². The molecule has 0 aromatic heterocycles. The summed E-state index contributed by atoms with van der Waals surface area (Å²) >= 11 is 0. The molecule has 0 fully saturated rings. The number of benzene rings is 1. The first-order valence-corrected chi connectivity index (χ1v) is 9.41. The van der Waals surface area contributed by atoms with Crippen LogP contribution in [-0.4, -0.2) is 54.5 Å².